The molecule has 0 bridgehead atoms. The Balaban J connectivity index is 1.54. The predicted octanol–water partition coefficient (Wildman–Crippen LogP) is 4.40. The molecule has 0 heterocycles. The molecule has 2 fully saturated rings. The Morgan fingerprint density at radius 1 is 0.909 bits per heavy atom. The third-order valence-corrected chi connectivity index (χ3v) is 6.53. The van der Waals surface area contributed by atoms with E-state index >= 15 is 0 Å². The molecule has 2 aliphatic carbocycles. The number of alkyl halides is 6. The summed E-state index contributed by atoms with van der Waals surface area (Å²) in [6, 6.07) is 0.790. The van der Waals surface area contributed by atoms with Crippen molar-refractivity contribution < 1.29 is 35.9 Å². The molecule has 3 rings (SSSR count). The summed E-state index contributed by atoms with van der Waals surface area (Å²) in [4.78, 5) is 24.8. The van der Waals surface area contributed by atoms with E-state index in [4.69, 9.17) is 5.73 Å². The molecule has 2 aliphatic rings. The molecule has 0 radical (unpaired) electrons. The summed E-state index contributed by atoms with van der Waals surface area (Å²) in [5.74, 6) is -1.14. The van der Waals surface area contributed by atoms with Gasteiger partial charge in [-0.15, -0.1) is 0 Å². The minimum Gasteiger partial charge on any atom is -0.352 e. The number of amides is 2. The first-order valence-electron chi connectivity index (χ1n) is 11.0. The monoisotopic (exact) mass is 479 g/mol. The van der Waals surface area contributed by atoms with Gasteiger partial charge in [-0.05, 0) is 62.6 Å². The molecule has 33 heavy (non-hydrogen) atoms. The van der Waals surface area contributed by atoms with Crippen molar-refractivity contribution in [2.24, 2.45) is 11.7 Å². The zero-order chi connectivity index (χ0) is 24.4. The molecular weight excluding hydrogens is 452 g/mol. The number of carbonyl (C=O) groups is 2. The van der Waals surface area contributed by atoms with Gasteiger partial charge in [0.2, 0.25) is 5.91 Å². The van der Waals surface area contributed by atoms with Crippen LogP contribution in [0.25, 0.3) is 0 Å². The summed E-state index contributed by atoms with van der Waals surface area (Å²) < 4.78 is 77.9. The van der Waals surface area contributed by atoms with Gasteiger partial charge in [0.15, 0.2) is 0 Å². The van der Waals surface area contributed by atoms with Crippen LogP contribution in [0.15, 0.2) is 18.2 Å². The summed E-state index contributed by atoms with van der Waals surface area (Å²) in [6.07, 6.45) is -4.25. The first-order chi connectivity index (χ1) is 15.3. The second-order valence-electron chi connectivity index (χ2n) is 9.06. The van der Waals surface area contributed by atoms with Gasteiger partial charge in [0.05, 0.1) is 16.7 Å². The van der Waals surface area contributed by atoms with Crippen LogP contribution in [0.3, 0.4) is 0 Å². The zero-order valence-electron chi connectivity index (χ0n) is 17.9. The quantitative estimate of drug-likeness (QED) is 0.548. The van der Waals surface area contributed by atoms with Crippen LogP contribution in [-0.4, -0.2) is 29.9 Å². The van der Waals surface area contributed by atoms with Gasteiger partial charge < -0.3 is 16.4 Å². The van der Waals surface area contributed by atoms with Crippen molar-refractivity contribution in [3.05, 3.63) is 34.9 Å². The van der Waals surface area contributed by atoms with Gasteiger partial charge in [-0.2, -0.15) is 26.3 Å². The highest BCUT2D eigenvalue weighted by atomic mass is 19.4. The average molecular weight is 479 g/mol. The lowest BCUT2D eigenvalue weighted by Crippen LogP contribution is -2.55. The zero-order valence-corrected chi connectivity index (χ0v) is 17.9. The van der Waals surface area contributed by atoms with E-state index in [0.29, 0.717) is 50.7 Å². The van der Waals surface area contributed by atoms with Gasteiger partial charge in [-0.3, -0.25) is 9.59 Å². The maximum atomic E-state index is 13.0. The second kappa shape index (κ2) is 9.52. The standard InChI is InChI=1S/C22H27F6N3O2/c23-21(24,25)15-9-14(10-16(11-15)22(26,27)28)18(32)30-12-13-3-5-17(6-4-13)31-19(33)20(29)7-1-2-8-20/h9-11,13,17H,1-8,12,29H2,(H,30,32)(H,31,33)/t13-,17-. The molecule has 2 saturated carbocycles. The largest absolute Gasteiger partial charge is 0.416 e. The molecule has 0 spiro atoms. The van der Waals surface area contributed by atoms with Crippen molar-refractivity contribution in [2.45, 2.75) is 75.3 Å². The SMILES string of the molecule is NC1(C(=O)N[C@H]2CC[C@H](CNC(=O)c3cc(C(F)(F)F)cc(C(F)(F)F)c3)CC2)CCCC1. The molecule has 2 amide bonds. The summed E-state index contributed by atoms with van der Waals surface area (Å²) in [7, 11) is 0. The van der Waals surface area contributed by atoms with Gasteiger partial charge >= 0.3 is 12.4 Å². The molecule has 11 heteroatoms. The van der Waals surface area contributed by atoms with E-state index in [1.54, 1.807) is 0 Å². The summed E-state index contributed by atoms with van der Waals surface area (Å²) >= 11 is 0. The maximum Gasteiger partial charge on any atom is 0.416 e. The fourth-order valence-corrected chi connectivity index (χ4v) is 4.50. The lowest BCUT2D eigenvalue weighted by Gasteiger charge is -2.32. The molecule has 0 saturated heterocycles. The van der Waals surface area contributed by atoms with Crippen molar-refractivity contribution in [2.75, 3.05) is 6.54 Å². The van der Waals surface area contributed by atoms with Crippen LogP contribution in [-0.2, 0) is 17.1 Å². The normalized spacial score (nSPS) is 23.2. The first kappa shape index (κ1) is 25.3. The van der Waals surface area contributed by atoms with E-state index in [0.717, 1.165) is 12.8 Å². The van der Waals surface area contributed by atoms with Crippen LogP contribution in [0, 0.1) is 5.92 Å². The molecule has 1 aromatic carbocycles. The Bertz CT molecular complexity index is 838. The number of nitrogens with one attached hydrogen (secondary N) is 2. The van der Waals surface area contributed by atoms with Crippen LogP contribution >= 0.6 is 0 Å². The van der Waals surface area contributed by atoms with E-state index < -0.39 is 40.5 Å². The number of hydrogen-bond acceptors (Lipinski definition) is 3. The van der Waals surface area contributed by atoms with E-state index in [-0.39, 0.29) is 30.5 Å². The molecule has 1 aromatic rings. The Kier molecular flexibility index (Phi) is 7.30. The van der Waals surface area contributed by atoms with Crippen molar-refractivity contribution in [1.82, 2.24) is 10.6 Å². The van der Waals surface area contributed by atoms with E-state index in [9.17, 15) is 35.9 Å². The Labute approximate surface area is 187 Å². The number of carbonyl (C=O) groups excluding carboxylic acids is 2. The topological polar surface area (TPSA) is 84.2 Å². The molecule has 4 N–H and O–H groups in total. The predicted molar refractivity (Wildman–Crippen MR) is 108 cm³/mol. The highest BCUT2D eigenvalue weighted by Gasteiger charge is 2.39. The molecule has 184 valence electrons. The van der Waals surface area contributed by atoms with Gasteiger partial charge in [0.1, 0.15) is 0 Å². The minimum absolute atomic E-state index is 0.00769. The van der Waals surface area contributed by atoms with Gasteiger partial charge in [0.25, 0.3) is 5.91 Å². The highest BCUT2D eigenvalue weighted by Crippen LogP contribution is 2.36. The number of hydrogen-bond donors (Lipinski definition) is 3. The summed E-state index contributed by atoms with van der Waals surface area (Å²) in [6.45, 7) is 0.123. The number of rotatable bonds is 5. The lowest BCUT2D eigenvalue weighted by molar-refractivity contribution is -0.143. The van der Waals surface area contributed by atoms with E-state index in [1.165, 1.54) is 0 Å². The smallest absolute Gasteiger partial charge is 0.352 e. The maximum absolute atomic E-state index is 13.0. The number of benzene rings is 1. The van der Waals surface area contributed by atoms with Crippen LogP contribution in [0.1, 0.15) is 72.9 Å². The highest BCUT2D eigenvalue weighted by molar-refractivity contribution is 5.94. The van der Waals surface area contributed by atoms with Crippen LogP contribution in [0.2, 0.25) is 0 Å². The van der Waals surface area contributed by atoms with Crippen LogP contribution < -0.4 is 16.4 Å². The van der Waals surface area contributed by atoms with Crippen molar-refractivity contribution in [3.63, 3.8) is 0 Å². The first-order valence-corrected chi connectivity index (χ1v) is 11.0. The number of nitrogens with two attached hydrogens (primary N) is 1. The summed E-state index contributed by atoms with van der Waals surface area (Å²) in [5, 5.41) is 5.44. The second-order valence-corrected chi connectivity index (χ2v) is 9.06. The fourth-order valence-electron chi connectivity index (χ4n) is 4.50. The van der Waals surface area contributed by atoms with Gasteiger partial charge in [-0.1, -0.05) is 12.8 Å². The van der Waals surface area contributed by atoms with Crippen molar-refractivity contribution in [1.29, 1.82) is 0 Å². The molecule has 5 nitrogen and oxygen atoms in total. The number of halogens is 6. The van der Waals surface area contributed by atoms with Gasteiger partial charge in [-0.25, -0.2) is 0 Å². The molecule has 0 atom stereocenters. The lowest BCUT2D eigenvalue weighted by atomic mass is 9.85. The molecule has 0 aromatic heterocycles. The Morgan fingerprint density at radius 2 is 1.42 bits per heavy atom. The minimum atomic E-state index is -5.01. The summed E-state index contributed by atoms with van der Waals surface area (Å²) in [5.41, 5.74) is 1.59. The van der Waals surface area contributed by atoms with Crippen LogP contribution in [0.4, 0.5) is 26.3 Å². The van der Waals surface area contributed by atoms with E-state index in [1.807, 2.05) is 0 Å². The van der Waals surface area contributed by atoms with Crippen molar-refractivity contribution in [3.8, 4) is 0 Å². The van der Waals surface area contributed by atoms with Gasteiger partial charge in [0, 0.05) is 18.2 Å². The van der Waals surface area contributed by atoms with Crippen molar-refractivity contribution >= 4 is 11.8 Å². The van der Waals surface area contributed by atoms with Crippen LogP contribution in [0.5, 0.6) is 0 Å². The molecule has 0 unspecified atom stereocenters. The fraction of sp³-hybridized carbons (Fsp3) is 0.636. The Morgan fingerprint density at radius 3 is 1.91 bits per heavy atom. The average Bonchev–Trinajstić information content (AvgIpc) is 3.19. The third-order valence-electron chi connectivity index (χ3n) is 6.53. The third kappa shape index (κ3) is 6.39. The molecular formula is C22H27F6N3O2. The molecule has 0 aliphatic heterocycles. The van der Waals surface area contributed by atoms with E-state index in [2.05, 4.69) is 10.6 Å². The Hall–Kier alpha value is -2.30.